The summed E-state index contributed by atoms with van der Waals surface area (Å²) in [4.78, 5) is 54.3. The van der Waals surface area contributed by atoms with Crippen LogP contribution in [0.2, 0.25) is 0 Å². The minimum absolute atomic E-state index is 0.318. The van der Waals surface area contributed by atoms with Gasteiger partial charge in [0.2, 0.25) is 11.8 Å². The summed E-state index contributed by atoms with van der Waals surface area (Å²) in [5.41, 5.74) is 1.80. The lowest BCUT2D eigenvalue weighted by Gasteiger charge is -2.35. The van der Waals surface area contributed by atoms with E-state index in [1.54, 1.807) is 37.4 Å². The molecular weight excluding hydrogens is 542 g/mol. The Kier molecular flexibility index (Phi) is 16.5. The van der Waals surface area contributed by atoms with E-state index in [4.69, 9.17) is 9.47 Å². The first kappa shape index (κ1) is 36.3. The number of esters is 1. The molecule has 0 aliphatic heterocycles. The van der Waals surface area contributed by atoms with E-state index >= 15 is 0 Å². The monoisotopic (exact) mass is 593 g/mol. The summed E-state index contributed by atoms with van der Waals surface area (Å²) in [5, 5.41) is 5.43. The zero-order valence-corrected chi connectivity index (χ0v) is 27.1. The predicted octanol–water partition coefficient (Wildman–Crippen LogP) is 5.47. The smallest absolute Gasteiger partial charge is 0.408 e. The number of nitrogens with one attached hydrogen (secondary N) is 2. The second kappa shape index (κ2) is 18.6. The van der Waals surface area contributed by atoms with Crippen molar-refractivity contribution in [3.63, 3.8) is 0 Å². The Labute approximate surface area is 250 Å². The molecule has 0 aromatic heterocycles. The third kappa shape index (κ3) is 13.2. The minimum Gasteiger partial charge on any atom is -0.468 e. The van der Waals surface area contributed by atoms with Crippen LogP contribution in [0.15, 0.2) is 18.2 Å². The number of carbonyl (C=O) groups excluding carboxylic acids is 4. The van der Waals surface area contributed by atoms with E-state index in [1.807, 2.05) is 38.3 Å². The van der Waals surface area contributed by atoms with Gasteiger partial charge in [-0.3, -0.25) is 14.4 Å². The average molecular weight is 594 g/mol. The van der Waals surface area contributed by atoms with E-state index in [2.05, 4.69) is 17.6 Å². The van der Waals surface area contributed by atoms with E-state index in [9.17, 15) is 19.2 Å². The lowest BCUT2D eigenvalue weighted by atomic mass is 9.94. The van der Waals surface area contributed by atoms with Crippen molar-refractivity contribution in [1.82, 2.24) is 15.5 Å². The number of rotatable bonds is 17. The normalized spacial score (nSPS) is 12.7. The van der Waals surface area contributed by atoms with Gasteiger partial charge in [0.1, 0.15) is 24.2 Å². The molecule has 0 saturated heterocycles. The maximum Gasteiger partial charge on any atom is 0.408 e. The highest BCUT2D eigenvalue weighted by atomic mass is 32.2. The highest BCUT2D eigenvalue weighted by Gasteiger charge is 2.37. The summed E-state index contributed by atoms with van der Waals surface area (Å²) >= 11 is 1.56. The van der Waals surface area contributed by atoms with Crippen molar-refractivity contribution in [3.05, 3.63) is 34.9 Å². The Hall–Kier alpha value is -2.75. The topological polar surface area (TPSA) is 114 Å². The molecule has 0 aliphatic carbocycles. The van der Waals surface area contributed by atoms with Gasteiger partial charge < -0.3 is 25.0 Å². The van der Waals surface area contributed by atoms with E-state index in [0.29, 0.717) is 30.7 Å². The quantitative estimate of drug-likeness (QED) is 0.182. The second-order valence-electron chi connectivity index (χ2n) is 11.3. The van der Waals surface area contributed by atoms with Gasteiger partial charge in [-0.2, -0.15) is 11.8 Å². The Bertz CT molecular complexity index is 995. The first-order chi connectivity index (χ1) is 19.4. The maximum atomic E-state index is 14.3. The van der Waals surface area contributed by atoms with Crippen LogP contribution >= 0.6 is 11.8 Å². The van der Waals surface area contributed by atoms with Crippen LogP contribution in [0.1, 0.15) is 95.4 Å². The third-order valence-electron chi connectivity index (χ3n) is 6.77. The number of nitrogens with zero attached hydrogens (tertiary/aromatic N) is 1. The van der Waals surface area contributed by atoms with Gasteiger partial charge in [0, 0.05) is 6.54 Å². The molecule has 2 unspecified atom stereocenters. The molecule has 0 bridgehead atoms. The lowest BCUT2D eigenvalue weighted by molar-refractivity contribution is -0.144. The number of ether oxygens (including phenoxy) is 2. The van der Waals surface area contributed by atoms with Crippen molar-refractivity contribution >= 4 is 35.6 Å². The van der Waals surface area contributed by atoms with E-state index in [0.717, 1.165) is 43.2 Å². The molecule has 0 fully saturated rings. The summed E-state index contributed by atoms with van der Waals surface area (Å²) in [7, 11) is 1.25. The predicted molar refractivity (Wildman–Crippen MR) is 165 cm³/mol. The van der Waals surface area contributed by atoms with Crippen LogP contribution in [0.5, 0.6) is 0 Å². The van der Waals surface area contributed by atoms with Gasteiger partial charge in [-0.1, -0.05) is 57.2 Å². The molecule has 3 amide bonds. The standard InChI is InChI=1S/C31H51N3O6S/c1-9-10-11-12-13-14-19-34(29(37)25(18-20-41-8)33-30(38)40-31(4,5)6)27(28(36)32-21-26(35)39-7)24-17-15-16-22(2)23(24)3/h15-17,25,27H,9-14,18-21H2,1-8H3,(H,32,36)(H,33,38). The van der Waals surface area contributed by atoms with Gasteiger partial charge >= 0.3 is 12.1 Å². The molecule has 9 nitrogen and oxygen atoms in total. The van der Waals surface area contributed by atoms with Crippen molar-refractivity contribution in [2.45, 2.75) is 104 Å². The molecular formula is C31H51N3O6S. The molecule has 0 radical (unpaired) electrons. The zero-order valence-electron chi connectivity index (χ0n) is 26.3. The molecule has 232 valence electrons. The second-order valence-corrected chi connectivity index (χ2v) is 12.3. The Morgan fingerprint density at radius 3 is 2.29 bits per heavy atom. The van der Waals surface area contributed by atoms with Gasteiger partial charge in [0.25, 0.3) is 0 Å². The van der Waals surface area contributed by atoms with Gasteiger partial charge in [-0.15, -0.1) is 0 Å². The minimum atomic E-state index is -1.00. The highest BCUT2D eigenvalue weighted by molar-refractivity contribution is 7.98. The van der Waals surface area contributed by atoms with Crippen LogP contribution in [0, 0.1) is 13.8 Å². The summed E-state index contributed by atoms with van der Waals surface area (Å²) < 4.78 is 10.2. The van der Waals surface area contributed by atoms with Crippen molar-refractivity contribution in [2.75, 3.05) is 32.2 Å². The lowest BCUT2D eigenvalue weighted by Crippen LogP contribution is -2.53. The molecule has 2 atom stereocenters. The molecule has 0 aliphatic rings. The number of unbranched alkanes of at least 4 members (excludes halogenated alkanes) is 5. The fraction of sp³-hybridized carbons (Fsp3) is 0.677. The number of amides is 3. The van der Waals surface area contributed by atoms with Gasteiger partial charge in [0.15, 0.2) is 0 Å². The molecule has 1 rings (SSSR count). The van der Waals surface area contributed by atoms with E-state index < -0.39 is 35.7 Å². The molecule has 1 aromatic carbocycles. The van der Waals surface area contributed by atoms with Crippen molar-refractivity contribution < 1.29 is 28.7 Å². The molecule has 2 N–H and O–H groups in total. The first-order valence-corrected chi connectivity index (χ1v) is 15.9. The molecule has 0 heterocycles. The number of hydrogen-bond acceptors (Lipinski definition) is 7. The Morgan fingerprint density at radius 1 is 1.02 bits per heavy atom. The van der Waals surface area contributed by atoms with Crippen LogP contribution in [0.4, 0.5) is 4.79 Å². The number of methoxy groups -OCH3 is 1. The van der Waals surface area contributed by atoms with Crippen LogP contribution in [-0.2, 0) is 23.9 Å². The summed E-state index contributed by atoms with van der Waals surface area (Å²) in [5.74, 6) is -0.807. The van der Waals surface area contributed by atoms with Gasteiger partial charge in [-0.05, 0) is 76.2 Å². The van der Waals surface area contributed by atoms with Gasteiger partial charge in [-0.25, -0.2) is 4.79 Å². The number of thioether (sulfide) groups is 1. The zero-order chi connectivity index (χ0) is 31.0. The number of alkyl carbamates (subject to hydrolysis) is 1. The fourth-order valence-electron chi connectivity index (χ4n) is 4.42. The maximum absolute atomic E-state index is 14.3. The molecule has 0 saturated carbocycles. The molecule has 10 heteroatoms. The molecule has 1 aromatic rings. The number of hydrogen-bond donors (Lipinski definition) is 2. The van der Waals surface area contributed by atoms with Crippen LogP contribution in [0.3, 0.4) is 0 Å². The van der Waals surface area contributed by atoms with Gasteiger partial charge in [0.05, 0.1) is 7.11 Å². The third-order valence-corrected chi connectivity index (χ3v) is 7.42. The largest absolute Gasteiger partial charge is 0.468 e. The first-order valence-electron chi connectivity index (χ1n) is 14.6. The van der Waals surface area contributed by atoms with Crippen molar-refractivity contribution in [2.24, 2.45) is 0 Å². The van der Waals surface area contributed by atoms with Crippen LogP contribution < -0.4 is 10.6 Å². The Balaban J connectivity index is 3.52. The highest BCUT2D eigenvalue weighted by Crippen LogP contribution is 2.28. The average Bonchev–Trinajstić information content (AvgIpc) is 2.91. The Morgan fingerprint density at radius 2 is 1.68 bits per heavy atom. The van der Waals surface area contributed by atoms with Crippen molar-refractivity contribution in [3.8, 4) is 0 Å². The van der Waals surface area contributed by atoms with E-state index in [-0.39, 0.29) is 12.5 Å². The number of aryl methyl sites for hydroxylation is 1. The van der Waals surface area contributed by atoms with E-state index in [1.165, 1.54) is 7.11 Å². The SMILES string of the molecule is CCCCCCCCN(C(=O)C(CCSC)NC(=O)OC(C)(C)C)C(C(=O)NCC(=O)OC)c1cccc(C)c1C. The summed E-state index contributed by atoms with van der Waals surface area (Å²) in [6.07, 6.45) is 7.65. The van der Waals surface area contributed by atoms with Crippen LogP contribution in [-0.4, -0.2) is 72.6 Å². The molecule has 0 spiro atoms. The van der Waals surface area contributed by atoms with Crippen molar-refractivity contribution in [1.29, 1.82) is 0 Å². The fourth-order valence-corrected chi connectivity index (χ4v) is 4.89. The summed E-state index contributed by atoms with van der Waals surface area (Å²) in [6, 6.07) is 3.76. The number of carbonyl (C=O) groups is 4. The van der Waals surface area contributed by atoms with Crippen LogP contribution in [0.25, 0.3) is 0 Å². The molecule has 41 heavy (non-hydrogen) atoms. The summed E-state index contributed by atoms with van der Waals surface area (Å²) in [6.45, 7) is 11.3. The number of benzene rings is 1.